The summed E-state index contributed by atoms with van der Waals surface area (Å²) in [5.41, 5.74) is 2.05. The number of alkyl halides is 3. The van der Waals surface area contributed by atoms with Gasteiger partial charge in [-0.15, -0.1) is 13.2 Å². The molecule has 0 N–H and O–H groups in total. The summed E-state index contributed by atoms with van der Waals surface area (Å²) >= 11 is 0. The number of ketones is 1. The van der Waals surface area contributed by atoms with Gasteiger partial charge in [-0.1, -0.05) is 30.3 Å². The number of ether oxygens (including phenoxy) is 1. The highest BCUT2D eigenvalue weighted by atomic mass is 19.4. The Kier molecular flexibility index (Phi) is 4.02. The highest BCUT2D eigenvalue weighted by molar-refractivity contribution is 5.95. The standard InChI is InChI=1S/C16H13F3O2/c1-10-7-8-12(11(2)20)9-14(10)13-5-3-4-6-15(13)21-16(17,18)19/h3-9H,1-2H3. The van der Waals surface area contributed by atoms with Gasteiger partial charge in [0, 0.05) is 11.1 Å². The van der Waals surface area contributed by atoms with E-state index < -0.39 is 6.36 Å². The molecule has 0 bridgehead atoms. The summed E-state index contributed by atoms with van der Waals surface area (Å²) in [6, 6.07) is 10.8. The summed E-state index contributed by atoms with van der Waals surface area (Å²) in [5.74, 6) is -0.431. The molecule has 0 fully saturated rings. The molecule has 0 atom stereocenters. The van der Waals surface area contributed by atoms with Crippen molar-refractivity contribution in [1.82, 2.24) is 0 Å². The Morgan fingerprint density at radius 3 is 2.33 bits per heavy atom. The molecule has 0 unspecified atom stereocenters. The molecule has 0 amide bonds. The van der Waals surface area contributed by atoms with Gasteiger partial charge < -0.3 is 4.74 Å². The van der Waals surface area contributed by atoms with Crippen molar-refractivity contribution in [2.75, 3.05) is 0 Å². The van der Waals surface area contributed by atoms with E-state index in [4.69, 9.17) is 0 Å². The summed E-state index contributed by atoms with van der Waals surface area (Å²) < 4.78 is 41.5. The van der Waals surface area contributed by atoms with Gasteiger partial charge >= 0.3 is 6.36 Å². The first-order valence-electron chi connectivity index (χ1n) is 6.24. The third kappa shape index (κ3) is 3.62. The minimum Gasteiger partial charge on any atom is -0.405 e. The normalized spacial score (nSPS) is 11.3. The van der Waals surface area contributed by atoms with Crippen molar-refractivity contribution in [3.63, 3.8) is 0 Å². The van der Waals surface area contributed by atoms with Crippen LogP contribution in [0.25, 0.3) is 11.1 Å². The lowest BCUT2D eigenvalue weighted by Gasteiger charge is -2.15. The predicted octanol–water partition coefficient (Wildman–Crippen LogP) is 4.76. The Bertz CT molecular complexity index is 675. The molecule has 2 nitrogen and oxygen atoms in total. The van der Waals surface area contributed by atoms with Crippen LogP contribution in [0.5, 0.6) is 5.75 Å². The number of carbonyl (C=O) groups excluding carboxylic acids is 1. The zero-order chi connectivity index (χ0) is 15.6. The van der Waals surface area contributed by atoms with E-state index in [1.807, 2.05) is 0 Å². The van der Waals surface area contributed by atoms with Crippen LogP contribution in [0.1, 0.15) is 22.8 Å². The quantitative estimate of drug-likeness (QED) is 0.763. The highest BCUT2D eigenvalue weighted by Crippen LogP contribution is 2.35. The van der Waals surface area contributed by atoms with Gasteiger partial charge in [-0.2, -0.15) is 0 Å². The minimum atomic E-state index is -4.76. The van der Waals surface area contributed by atoms with E-state index in [1.54, 1.807) is 31.2 Å². The number of hydrogen-bond donors (Lipinski definition) is 0. The molecule has 0 saturated heterocycles. The fourth-order valence-electron chi connectivity index (χ4n) is 2.03. The zero-order valence-corrected chi connectivity index (χ0v) is 11.5. The van der Waals surface area contributed by atoms with Crippen molar-refractivity contribution in [1.29, 1.82) is 0 Å². The van der Waals surface area contributed by atoms with Crippen LogP contribution in [0.3, 0.4) is 0 Å². The number of halogens is 3. The second-order valence-corrected chi connectivity index (χ2v) is 4.63. The maximum Gasteiger partial charge on any atom is 0.573 e. The Labute approximate surface area is 120 Å². The lowest BCUT2D eigenvalue weighted by Crippen LogP contribution is -2.17. The molecular formula is C16H13F3O2. The van der Waals surface area contributed by atoms with Crippen LogP contribution < -0.4 is 4.74 Å². The molecule has 0 heterocycles. The molecule has 2 aromatic rings. The molecular weight excluding hydrogens is 281 g/mol. The smallest absolute Gasteiger partial charge is 0.405 e. The third-order valence-electron chi connectivity index (χ3n) is 3.05. The van der Waals surface area contributed by atoms with E-state index in [-0.39, 0.29) is 11.5 Å². The Hall–Kier alpha value is -2.30. The molecule has 0 aromatic heterocycles. The summed E-state index contributed by atoms with van der Waals surface area (Å²) in [6.07, 6.45) is -4.76. The molecule has 0 aliphatic rings. The minimum absolute atomic E-state index is 0.148. The maximum atomic E-state index is 12.5. The van der Waals surface area contributed by atoms with Crippen LogP contribution in [0.4, 0.5) is 13.2 Å². The van der Waals surface area contributed by atoms with Gasteiger partial charge in [0.2, 0.25) is 0 Å². The van der Waals surface area contributed by atoms with Crippen molar-refractivity contribution in [3.8, 4) is 16.9 Å². The molecule has 0 spiro atoms. The Morgan fingerprint density at radius 2 is 1.71 bits per heavy atom. The first-order valence-corrected chi connectivity index (χ1v) is 6.24. The number of carbonyl (C=O) groups is 1. The fourth-order valence-corrected chi connectivity index (χ4v) is 2.03. The van der Waals surface area contributed by atoms with Crippen molar-refractivity contribution in [2.24, 2.45) is 0 Å². The lowest BCUT2D eigenvalue weighted by atomic mass is 9.96. The molecule has 110 valence electrons. The monoisotopic (exact) mass is 294 g/mol. The van der Waals surface area contributed by atoms with E-state index in [0.717, 1.165) is 5.56 Å². The van der Waals surface area contributed by atoms with Crippen LogP contribution in [-0.2, 0) is 0 Å². The average Bonchev–Trinajstić information content (AvgIpc) is 2.38. The van der Waals surface area contributed by atoms with Gasteiger partial charge in [-0.05, 0) is 37.1 Å². The fraction of sp³-hybridized carbons (Fsp3) is 0.188. The van der Waals surface area contributed by atoms with Gasteiger partial charge in [0.15, 0.2) is 5.78 Å². The number of benzene rings is 2. The van der Waals surface area contributed by atoms with Crippen LogP contribution in [0, 0.1) is 6.92 Å². The zero-order valence-electron chi connectivity index (χ0n) is 11.5. The van der Waals surface area contributed by atoms with Crippen molar-refractivity contribution in [2.45, 2.75) is 20.2 Å². The Balaban J connectivity index is 2.56. The SMILES string of the molecule is CC(=O)c1ccc(C)c(-c2ccccc2OC(F)(F)F)c1. The number of rotatable bonds is 3. The van der Waals surface area contributed by atoms with Crippen LogP contribution in [0.2, 0.25) is 0 Å². The van der Waals surface area contributed by atoms with Crippen molar-refractivity contribution >= 4 is 5.78 Å². The van der Waals surface area contributed by atoms with Gasteiger partial charge in [-0.3, -0.25) is 4.79 Å². The summed E-state index contributed by atoms with van der Waals surface area (Å²) in [5, 5.41) is 0. The largest absolute Gasteiger partial charge is 0.573 e. The lowest BCUT2D eigenvalue weighted by molar-refractivity contribution is -0.274. The van der Waals surface area contributed by atoms with E-state index in [2.05, 4.69) is 4.74 Å². The first kappa shape index (κ1) is 15.1. The van der Waals surface area contributed by atoms with Crippen LogP contribution in [-0.4, -0.2) is 12.1 Å². The molecule has 0 aliphatic carbocycles. The van der Waals surface area contributed by atoms with Gasteiger partial charge in [-0.25, -0.2) is 0 Å². The first-order chi connectivity index (χ1) is 9.78. The Morgan fingerprint density at radius 1 is 1.05 bits per heavy atom. The molecule has 5 heteroatoms. The average molecular weight is 294 g/mol. The molecule has 2 rings (SSSR count). The second kappa shape index (κ2) is 5.60. The number of aryl methyl sites for hydroxylation is 1. The topological polar surface area (TPSA) is 26.3 Å². The molecule has 0 aliphatic heterocycles. The van der Waals surface area contributed by atoms with Gasteiger partial charge in [0.1, 0.15) is 5.75 Å². The van der Waals surface area contributed by atoms with Crippen molar-refractivity contribution < 1.29 is 22.7 Å². The van der Waals surface area contributed by atoms with E-state index in [9.17, 15) is 18.0 Å². The summed E-state index contributed by atoms with van der Waals surface area (Å²) in [7, 11) is 0. The van der Waals surface area contributed by atoms with Crippen LogP contribution in [0.15, 0.2) is 42.5 Å². The predicted molar refractivity (Wildman–Crippen MR) is 73.3 cm³/mol. The maximum absolute atomic E-state index is 12.5. The molecule has 2 aromatic carbocycles. The molecule has 0 saturated carbocycles. The van der Waals surface area contributed by atoms with E-state index in [0.29, 0.717) is 16.7 Å². The summed E-state index contributed by atoms with van der Waals surface area (Å²) in [6.45, 7) is 3.18. The number of Topliss-reactive ketones (excluding diaryl/α,β-unsaturated/α-hetero) is 1. The number of hydrogen-bond acceptors (Lipinski definition) is 2. The number of para-hydroxylation sites is 1. The summed E-state index contributed by atoms with van der Waals surface area (Å²) in [4.78, 5) is 11.4. The molecule has 0 radical (unpaired) electrons. The van der Waals surface area contributed by atoms with Gasteiger partial charge in [0.05, 0.1) is 0 Å². The second-order valence-electron chi connectivity index (χ2n) is 4.63. The third-order valence-corrected chi connectivity index (χ3v) is 3.05. The van der Waals surface area contributed by atoms with Gasteiger partial charge in [0.25, 0.3) is 0 Å². The highest BCUT2D eigenvalue weighted by Gasteiger charge is 2.32. The van der Waals surface area contributed by atoms with E-state index >= 15 is 0 Å². The van der Waals surface area contributed by atoms with Crippen LogP contribution >= 0.6 is 0 Å². The molecule has 21 heavy (non-hydrogen) atoms. The van der Waals surface area contributed by atoms with E-state index in [1.165, 1.54) is 25.1 Å². The van der Waals surface area contributed by atoms with Crippen molar-refractivity contribution in [3.05, 3.63) is 53.6 Å².